The molecule has 1 amide bonds. The minimum absolute atomic E-state index is 0. The van der Waals surface area contributed by atoms with Crippen LogP contribution in [0.4, 0.5) is 0 Å². The van der Waals surface area contributed by atoms with Gasteiger partial charge in [0.2, 0.25) is 5.91 Å². The summed E-state index contributed by atoms with van der Waals surface area (Å²) in [6.07, 6.45) is 0.146. The van der Waals surface area contributed by atoms with Gasteiger partial charge in [-0.25, -0.2) is 4.79 Å². The van der Waals surface area contributed by atoms with E-state index in [2.05, 4.69) is 15.4 Å². The molecule has 0 radical (unpaired) electrons. The van der Waals surface area contributed by atoms with Crippen molar-refractivity contribution < 1.29 is 19.1 Å². The highest BCUT2D eigenvalue weighted by molar-refractivity contribution is 5.85. The number of carbonyl (C=O) groups is 2. The third kappa shape index (κ3) is 5.86. The van der Waals surface area contributed by atoms with E-state index in [4.69, 9.17) is 4.74 Å². The molecule has 2 unspecified atom stereocenters. The molecule has 1 rings (SSSR count). The summed E-state index contributed by atoms with van der Waals surface area (Å²) >= 11 is 0. The van der Waals surface area contributed by atoms with E-state index in [0.717, 1.165) is 6.54 Å². The number of nitrogens with one attached hydrogen (secondary N) is 2. The molecule has 1 aliphatic heterocycles. The zero-order valence-corrected chi connectivity index (χ0v) is 10.8. The van der Waals surface area contributed by atoms with E-state index in [1.807, 2.05) is 0 Å². The van der Waals surface area contributed by atoms with Crippen molar-refractivity contribution in [2.24, 2.45) is 0 Å². The van der Waals surface area contributed by atoms with Crippen molar-refractivity contribution in [1.82, 2.24) is 10.6 Å². The van der Waals surface area contributed by atoms with Gasteiger partial charge in [0.15, 0.2) is 0 Å². The molecule has 2 N–H and O–H groups in total. The topological polar surface area (TPSA) is 76.7 Å². The van der Waals surface area contributed by atoms with Crippen LogP contribution in [0.5, 0.6) is 0 Å². The van der Waals surface area contributed by atoms with Crippen LogP contribution in [0, 0.1) is 0 Å². The van der Waals surface area contributed by atoms with Crippen molar-refractivity contribution in [2.45, 2.75) is 25.5 Å². The predicted octanol–water partition coefficient (Wildman–Crippen LogP) is -0.536. The SMILES string of the molecule is COC(=O)C(C)NC(=O)CC1CNCCO1.Cl. The molecule has 0 aliphatic carbocycles. The summed E-state index contributed by atoms with van der Waals surface area (Å²) in [6.45, 7) is 3.69. The molecule has 7 heteroatoms. The summed E-state index contributed by atoms with van der Waals surface area (Å²) < 4.78 is 9.88. The Balaban J connectivity index is 0.00000256. The van der Waals surface area contributed by atoms with Gasteiger partial charge in [-0.05, 0) is 6.92 Å². The molecule has 0 aromatic carbocycles. The van der Waals surface area contributed by atoms with Gasteiger partial charge in [-0.1, -0.05) is 0 Å². The standard InChI is InChI=1S/C10H18N2O4.ClH/c1-7(10(14)15-2)12-9(13)5-8-6-11-3-4-16-8;/h7-8,11H,3-6H2,1-2H3,(H,12,13);1H. The van der Waals surface area contributed by atoms with Crippen LogP contribution in [0.2, 0.25) is 0 Å². The molecule has 2 atom stereocenters. The lowest BCUT2D eigenvalue weighted by Crippen LogP contribution is -2.44. The second-order valence-electron chi connectivity index (χ2n) is 3.71. The number of carbonyl (C=O) groups excluding carboxylic acids is 2. The summed E-state index contributed by atoms with van der Waals surface area (Å²) in [5, 5.41) is 5.69. The number of ether oxygens (including phenoxy) is 2. The number of hydrogen-bond acceptors (Lipinski definition) is 5. The molecular weight excluding hydrogens is 248 g/mol. The summed E-state index contributed by atoms with van der Waals surface area (Å²) in [4.78, 5) is 22.6. The highest BCUT2D eigenvalue weighted by atomic mass is 35.5. The highest BCUT2D eigenvalue weighted by Gasteiger charge is 2.20. The molecule has 0 aromatic heterocycles. The number of methoxy groups -OCH3 is 1. The molecule has 1 fully saturated rings. The van der Waals surface area contributed by atoms with E-state index in [-0.39, 0.29) is 30.8 Å². The fourth-order valence-electron chi connectivity index (χ4n) is 1.49. The zero-order valence-electron chi connectivity index (χ0n) is 10.0. The molecule has 0 spiro atoms. The largest absolute Gasteiger partial charge is 0.467 e. The predicted molar refractivity (Wildman–Crippen MR) is 64.1 cm³/mol. The van der Waals surface area contributed by atoms with Crippen molar-refractivity contribution in [3.63, 3.8) is 0 Å². The Bertz CT molecular complexity index is 257. The van der Waals surface area contributed by atoms with E-state index in [1.54, 1.807) is 6.92 Å². The Morgan fingerprint density at radius 2 is 2.29 bits per heavy atom. The molecule has 0 aromatic rings. The van der Waals surface area contributed by atoms with Crippen LogP contribution < -0.4 is 10.6 Å². The van der Waals surface area contributed by atoms with Gasteiger partial charge in [0.05, 0.1) is 26.2 Å². The number of amides is 1. The normalized spacial score (nSPS) is 20.9. The smallest absolute Gasteiger partial charge is 0.328 e. The van der Waals surface area contributed by atoms with Gasteiger partial charge in [-0.3, -0.25) is 4.79 Å². The van der Waals surface area contributed by atoms with Crippen LogP contribution >= 0.6 is 12.4 Å². The van der Waals surface area contributed by atoms with E-state index >= 15 is 0 Å². The van der Waals surface area contributed by atoms with Crippen LogP contribution in [0.25, 0.3) is 0 Å². The van der Waals surface area contributed by atoms with Gasteiger partial charge >= 0.3 is 5.97 Å². The minimum Gasteiger partial charge on any atom is -0.467 e. The molecule has 6 nitrogen and oxygen atoms in total. The second kappa shape index (κ2) is 8.27. The average molecular weight is 267 g/mol. The summed E-state index contributed by atoms with van der Waals surface area (Å²) in [6, 6.07) is -0.617. The van der Waals surface area contributed by atoms with Crippen molar-refractivity contribution in [3.8, 4) is 0 Å². The first-order valence-electron chi connectivity index (χ1n) is 5.33. The average Bonchev–Trinajstić information content (AvgIpc) is 2.29. The molecule has 1 saturated heterocycles. The molecule has 0 bridgehead atoms. The van der Waals surface area contributed by atoms with Gasteiger partial charge in [0, 0.05) is 13.1 Å². The fourth-order valence-corrected chi connectivity index (χ4v) is 1.49. The fraction of sp³-hybridized carbons (Fsp3) is 0.800. The number of morpholine rings is 1. The lowest BCUT2D eigenvalue weighted by molar-refractivity contribution is -0.144. The first-order chi connectivity index (χ1) is 7.63. The quantitative estimate of drug-likeness (QED) is 0.669. The van der Waals surface area contributed by atoms with Crippen LogP contribution in [0.15, 0.2) is 0 Å². The number of hydrogen-bond donors (Lipinski definition) is 2. The second-order valence-corrected chi connectivity index (χ2v) is 3.71. The maximum absolute atomic E-state index is 11.5. The molecule has 17 heavy (non-hydrogen) atoms. The number of halogens is 1. The van der Waals surface area contributed by atoms with Crippen LogP contribution in [0.1, 0.15) is 13.3 Å². The van der Waals surface area contributed by atoms with E-state index in [1.165, 1.54) is 7.11 Å². The lowest BCUT2D eigenvalue weighted by Gasteiger charge is -2.23. The Morgan fingerprint density at radius 3 is 2.82 bits per heavy atom. The Hall–Kier alpha value is -0.850. The molecule has 1 aliphatic rings. The first-order valence-corrected chi connectivity index (χ1v) is 5.33. The molecule has 0 saturated carbocycles. The molecule has 1 heterocycles. The van der Waals surface area contributed by atoms with Gasteiger partial charge in [0.1, 0.15) is 6.04 Å². The Morgan fingerprint density at radius 1 is 1.59 bits per heavy atom. The van der Waals surface area contributed by atoms with Crippen LogP contribution in [-0.2, 0) is 19.1 Å². The number of esters is 1. The summed E-state index contributed by atoms with van der Waals surface area (Å²) in [7, 11) is 1.29. The van der Waals surface area contributed by atoms with Crippen molar-refractivity contribution in [1.29, 1.82) is 0 Å². The van der Waals surface area contributed by atoms with Crippen molar-refractivity contribution in [3.05, 3.63) is 0 Å². The van der Waals surface area contributed by atoms with Gasteiger partial charge in [-0.15, -0.1) is 12.4 Å². The van der Waals surface area contributed by atoms with Gasteiger partial charge in [-0.2, -0.15) is 0 Å². The zero-order chi connectivity index (χ0) is 12.0. The molecular formula is C10H19ClN2O4. The maximum atomic E-state index is 11.5. The third-order valence-electron chi connectivity index (χ3n) is 2.35. The monoisotopic (exact) mass is 266 g/mol. The van der Waals surface area contributed by atoms with Gasteiger partial charge in [0.25, 0.3) is 0 Å². The Kier molecular flexibility index (Phi) is 7.86. The van der Waals surface area contributed by atoms with Gasteiger partial charge < -0.3 is 20.1 Å². The Labute approximate surface area is 107 Å². The third-order valence-corrected chi connectivity index (χ3v) is 2.35. The maximum Gasteiger partial charge on any atom is 0.328 e. The first kappa shape index (κ1) is 16.1. The van der Waals surface area contributed by atoms with E-state index in [0.29, 0.717) is 13.2 Å². The van der Waals surface area contributed by atoms with Crippen molar-refractivity contribution in [2.75, 3.05) is 26.8 Å². The summed E-state index contributed by atoms with van der Waals surface area (Å²) in [5.74, 6) is -0.650. The summed E-state index contributed by atoms with van der Waals surface area (Å²) in [5.41, 5.74) is 0. The lowest BCUT2D eigenvalue weighted by atomic mass is 10.2. The van der Waals surface area contributed by atoms with Crippen LogP contribution in [-0.4, -0.2) is 50.8 Å². The minimum atomic E-state index is -0.617. The van der Waals surface area contributed by atoms with Crippen LogP contribution in [0.3, 0.4) is 0 Å². The highest BCUT2D eigenvalue weighted by Crippen LogP contribution is 2.01. The van der Waals surface area contributed by atoms with E-state index in [9.17, 15) is 9.59 Å². The van der Waals surface area contributed by atoms with E-state index < -0.39 is 12.0 Å². The van der Waals surface area contributed by atoms with Crippen molar-refractivity contribution >= 4 is 24.3 Å². The number of rotatable bonds is 4. The molecule has 100 valence electrons.